The predicted molar refractivity (Wildman–Crippen MR) is 150 cm³/mol. The van der Waals surface area contributed by atoms with E-state index >= 15 is 0 Å². The standard InChI is InChI=1S/C26H30F2N7O6P/c1-2-35(10-12-41-42(37,38)39)9-4-11-40-18-7-8-19-22(15-18)29-16-30-26(19)32-23-13-17(33-34-23)14-24(36)31-21-6-3-5-20(27)25(21)28/h3,5-8,13,15-16H,2,4,9-12,14H2,1H3,(H,31,36)(H2,37,38,39)(H2,29,30,32,33,34). The second-order valence-electron chi connectivity index (χ2n) is 9.09. The first-order chi connectivity index (χ1) is 20.1. The molecule has 2 aromatic heterocycles. The molecule has 0 unspecified atom stereocenters. The first-order valence-electron chi connectivity index (χ1n) is 13.0. The summed E-state index contributed by atoms with van der Waals surface area (Å²) >= 11 is 0. The quantitative estimate of drug-likeness (QED) is 0.0986. The van der Waals surface area contributed by atoms with E-state index in [4.69, 9.17) is 14.5 Å². The Bertz CT molecular complexity index is 1570. The number of H-pyrrole nitrogens is 1. The van der Waals surface area contributed by atoms with E-state index in [1.54, 1.807) is 24.3 Å². The number of amides is 1. The Morgan fingerprint density at radius 2 is 1.95 bits per heavy atom. The molecule has 0 spiro atoms. The van der Waals surface area contributed by atoms with Gasteiger partial charge in [0.1, 0.15) is 17.9 Å². The van der Waals surface area contributed by atoms with Gasteiger partial charge in [-0.3, -0.25) is 14.4 Å². The van der Waals surface area contributed by atoms with Crippen molar-refractivity contribution in [2.24, 2.45) is 0 Å². The van der Waals surface area contributed by atoms with Gasteiger partial charge in [0, 0.05) is 36.3 Å². The van der Waals surface area contributed by atoms with Crippen molar-refractivity contribution in [3.8, 4) is 5.75 Å². The fourth-order valence-corrected chi connectivity index (χ4v) is 4.35. The molecule has 0 saturated carbocycles. The summed E-state index contributed by atoms with van der Waals surface area (Å²) in [6.07, 6.45) is 1.93. The highest BCUT2D eigenvalue weighted by atomic mass is 31.2. The number of rotatable bonds is 15. The Kier molecular flexibility index (Phi) is 10.5. The summed E-state index contributed by atoms with van der Waals surface area (Å²) in [5.74, 6) is -1.25. The highest BCUT2D eigenvalue weighted by molar-refractivity contribution is 7.46. The van der Waals surface area contributed by atoms with Crippen LogP contribution >= 0.6 is 7.82 Å². The average Bonchev–Trinajstić information content (AvgIpc) is 3.38. The lowest BCUT2D eigenvalue weighted by atomic mass is 10.2. The first kappa shape index (κ1) is 30.9. The molecule has 0 bridgehead atoms. The van der Waals surface area contributed by atoms with Crippen molar-refractivity contribution in [3.05, 3.63) is 66.1 Å². The van der Waals surface area contributed by atoms with E-state index < -0.39 is 25.4 Å². The maximum atomic E-state index is 13.8. The number of phosphoric acid groups is 1. The van der Waals surface area contributed by atoms with E-state index in [0.29, 0.717) is 66.6 Å². The van der Waals surface area contributed by atoms with Crippen molar-refractivity contribution in [1.29, 1.82) is 0 Å². The number of halogens is 2. The van der Waals surface area contributed by atoms with Crippen LogP contribution in [0.15, 0.2) is 48.8 Å². The second kappa shape index (κ2) is 14.2. The molecule has 4 aromatic rings. The van der Waals surface area contributed by atoms with Crippen molar-refractivity contribution in [2.75, 3.05) is 43.5 Å². The van der Waals surface area contributed by atoms with Crippen molar-refractivity contribution >= 4 is 42.0 Å². The Morgan fingerprint density at radius 3 is 2.74 bits per heavy atom. The SMILES string of the molecule is CCN(CCCOc1ccc2c(Nc3cc(CC(=O)Nc4cccc(F)c4F)[nH]n3)ncnc2c1)CCOP(=O)(O)O. The fourth-order valence-electron chi connectivity index (χ4n) is 4.03. The van der Waals surface area contributed by atoms with Crippen LogP contribution in [0.2, 0.25) is 0 Å². The number of ether oxygens (including phenoxy) is 1. The van der Waals surface area contributed by atoms with Gasteiger partial charge in [-0.2, -0.15) is 5.10 Å². The van der Waals surface area contributed by atoms with Gasteiger partial charge < -0.3 is 30.1 Å². The zero-order valence-electron chi connectivity index (χ0n) is 22.6. The zero-order chi connectivity index (χ0) is 30.1. The number of hydrogen-bond acceptors (Lipinski definition) is 9. The molecule has 1 amide bonds. The summed E-state index contributed by atoms with van der Waals surface area (Å²) in [5, 5.41) is 13.0. The number of likely N-dealkylation sites (N-methyl/N-ethyl adjacent to an activating group) is 1. The second-order valence-corrected chi connectivity index (χ2v) is 10.3. The number of hydrogen-bond donors (Lipinski definition) is 5. The largest absolute Gasteiger partial charge is 0.493 e. The number of fused-ring (bicyclic) bond motifs is 1. The average molecular weight is 606 g/mol. The smallest absolute Gasteiger partial charge is 0.469 e. The molecule has 224 valence electrons. The van der Waals surface area contributed by atoms with Gasteiger partial charge in [-0.25, -0.2) is 23.3 Å². The molecule has 2 aromatic carbocycles. The molecule has 0 radical (unpaired) electrons. The molecular weight excluding hydrogens is 575 g/mol. The molecule has 42 heavy (non-hydrogen) atoms. The summed E-state index contributed by atoms with van der Waals surface area (Å²) in [4.78, 5) is 40.5. The van der Waals surface area contributed by atoms with E-state index in [-0.39, 0.29) is 18.7 Å². The van der Waals surface area contributed by atoms with Crippen molar-refractivity contribution in [2.45, 2.75) is 19.8 Å². The molecule has 13 nitrogen and oxygen atoms in total. The Hall–Kier alpha value is -4.01. The predicted octanol–water partition coefficient (Wildman–Crippen LogP) is 3.76. The number of nitrogens with one attached hydrogen (secondary N) is 3. The molecular formula is C26H30F2N7O6P. The molecule has 0 atom stereocenters. The lowest BCUT2D eigenvalue weighted by Crippen LogP contribution is -2.29. The van der Waals surface area contributed by atoms with E-state index in [1.807, 2.05) is 11.8 Å². The summed E-state index contributed by atoms with van der Waals surface area (Å²) in [6.45, 7) is 4.07. The maximum absolute atomic E-state index is 13.8. The number of nitrogens with zero attached hydrogens (tertiary/aromatic N) is 4. The van der Waals surface area contributed by atoms with Crippen molar-refractivity contribution < 1.29 is 37.2 Å². The summed E-state index contributed by atoms with van der Waals surface area (Å²) in [5.41, 5.74) is 0.821. The molecule has 0 aliphatic carbocycles. The Morgan fingerprint density at radius 1 is 1.12 bits per heavy atom. The van der Waals surface area contributed by atoms with Crippen LogP contribution < -0.4 is 15.4 Å². The molecule has 4 rings (SSSR count). The number of carbonyl (C=O) groups is 1. The van der Waals surface area contributed by atoms with E-state index in [0.717, 1.165) is 6.07 Å². The Balaban J connectivity index is 1.29. The van der Waals surface area contributed by atoms with Gasteiger partial charge in [0.15, 0.2) is 17.5 Å². The number of aromatic nitrogens is 4. The highest BCUT2D eigenvalue weighted by Gasteiger charge is 2.15. The van der Waals surface area contributed by atoms with Crippen LogP contribution in [0.5, 0.6) is 5.75 Å². The van der Waals surface area contributed by atoms with E-state index in [2.05, 4.69) is 35.3 Å². The normalized spacial score (nSPS) is 11.7. The molecule has 0 aliphatic heterocycles. The van der Waals surface area contributed by atoms with Gasteiger partial charge in [-0.15, -0.1) is 0 Å². The van der Waals surface area contributed by atoms with Gasteiger partial charge in [-0.05, 0) is 37.2 Å². The molecule has 16 heteroatoms. The van der Waals surface area contributed by atoms with E-state index in [9.17, 15) is 18.1 Å². The van der Waals surface area contributed by atoms with Gasteiger partial charge in [0.05, 0.1) is 30.8 Å². The van der Waals surface area contributed by atoms with Crippen LogP contribution in [0.4, 0.5) is 26.1 Å². The summed E-state index contributed by atoms with van der Waals surface area (Å²) in [7, 11) is -4.47. The van der Waals surface area contributed by atoms with Crippen LogP contribution in [-0.2, 0) is 20.3 Å². The van der Waals surface area contributed by atoms with Gasteiger partial charge in [0.2, 0.25) is 5.91 Å². The lowest BCUT2D eigenvalue weighted by Gasteiger charge is -2.20. The van der Waals surface area contributed by atoms with Gasteiger partial charge in [0.25, 0.3) is 0 Å². The molecule has 5 N–H and O–H groups in total. The summed E-state index contributed by atoms with van der Waals surface area (Å²) in [6, 6.07) is 10.5. The topological polar surface area (TPSA) is 175 Å². The number of benzene rings is 2. The number of anilines is 3. The van der Waals surface area contributed by atoms with Gasteiger partial charge in [-0.1, -0.05) is 13.0 Å². The number of carbonyl (C=O) groups excluding carboxylic acids is 1. The Labute approximate surface area is 239 Å². The summed E-state index contributed by atoms with van der Waals surface area (Å²) < 4.78 is 48.4. The van der Waals surface area contributed by atoms with Crippen LogP contribution in [0, 0.1) is 11.6 Å². The highest BCUT2D eigenvalue weighted by Crippen LogP contribution is 2.35. The monoisotopic (exact) mass is 605 g/mol. The van der Waals surface area contributed by atoms with Gasteiger partial charge >= 0.3 is 7.82 Å². The molecule has 0 saturated heterocycles. The zero-order valence-corrected chi connectivity index (χ0v) is 23.5. The third-order valence-electron chi connectivity index (χ3n) is 6.06. The maximum Gasteiger partial charge on any atom is 0.469 e. The lowest BCUT2D eigenvalue weighted by molar-refractivity contribution is -0.115. The minimum absolute atomic E-state index is 0.0631. The third-order valence-corrected chi connectivity index (χ3v) is 6.58. The number of aromatic amines is 1. The van der Waals surface area contributed by atoms with Crippen molar-refractivity contribution in [1.82, 2.24) is 25.1 Å². The van der Waals surface area contributed by atoms with Crippen LogP contribution in [0.25, 0.3) is 10.9 Å². The molecule has 2 heterocycles. The van der Waals surface area contributed by atoms with Crippen LogP contribution in [-0.4, -0.2) is 73.6 Å². The molecule has 0 aliphatic rings. The minimum atomic E-state index is -4.47. The molecule has 0 fully saturated rings. The first-order valence-corrected chi connectivity index (χ1v) is 14.5. The van der Waals surface area contributed by atoms with Crippen molar-refractivity contribution in [3.63, 3.8) is 0 Å². The number of phosphoric ester groups is 1. The third kappa shape index (κ3) is 8.99. The fraction of sp³-hybridized carbons (Fsp3) is 0.308. The minimum Gasteiger partial charge on any atom is -0.493 e. The van der Waals surface area contributed by atoms with E-state index in [1.165, 1.54) is 18.5 Å². The van der Waals surface area contributed by atoms with Crippen LogP contribution in [0.3, 0.4) is 0 Å². The van der Waals surface area contributed by atoms with Crippen LogP contribution in [0.1, 0.15) is 19.0 Å².